The van der Waals surface area contributed by atoms with Crippen molar-refractivity contribution in [3.8, 4) is 0 Å². The Labute approximate surface area is 115 Å². The quantitative estimate of drug-likeness (QED) is 0.804. The van der Waals surface area contributed by atoms with E-state index in [0.717, 1.165) is 38.9 Å². The van der Waals surface area contributed by atoms with Crippen molar-refractivity contribution >= 4 is 11.6 Å². The molecule has 1 aromatic carbocycles. The molecule has 2 heterocycles. The number of piperidine rings is 1. The van der Waals surface area contributed by atoms with Crippen LogP contribution in [0.25, 0.3) is 0 Å². The van der Waals surface area contributed by atoms with Crippen LogP contribution >= 0.6 is 0 Å². The molecule has 0 unspecified atom stereocenters. The highest BCUT2D eigenvalue weighted by molar-refractivity contribution is 5.76. The van der Waals surface area contributed by atoms with Crippen molar-refractivity contribution in [3.63, 3.8) is 0 Å². The van der Waals surface area contributed by atoms with Crippen LogP contribution in [-0.4, -0.2) is 30.4 Å². The predicted octanol–water partition coefficient (Wildman–Crippen LogP) is 1.56. The molecule has 0 radical (unpaired) electrons. The van der Waals surface area contributed by atoms with Gasteiger partial charge in [0.25, 0.3) is 0 Å². The van der Waals surface area contributed by atoms with E-state index in [0.29, 0.717) is 17.7 Å². The molecule has 3 rings (SSSR count). The fraction of sp³-hybridized carbons (Fsp3) is 0.562. The summed E-state index contributed by atoms with van der Waals surface area (Å²) in [5.74, 6) is 0.340. The van der Waals surface area contributed by atoms with Crippen LogP contribution < -0.4 is 5.32 Å². The van der Waals surface area contributed by atoms with Crippen molar-refractivity contribution < 1.29 is 10.1 Å². The normalized spacial score (nSPS) is 20.6. The Morgan fingerprint density at radius 2 is 2.05 bits per heavy atom. The van der Waals surface area contributed by atoms with Gasteiger partial charge < -0.3 is 10.2 Å². The lowest BCUT2D eigenvalue weighted by molar-refractivity contribution is -0.569. The van der Waals surface area contributed by atoms with Crippen molar-refractivity contribution in [2.24, 2.45) is 0 Å². The molecule has 0 atom stereocenters. The lowest BCUT2D eigenvalue weighted by Gasteiger charge is -2.38. The lowest BCUT2D eigenvalue weighted by Crippen LogP contribution is -2.78. The van der Waals surface area contributed by atoms with E-state index < -0.39 is 0 Å². The van der Waals surface area contributed by atoms with Crippen LogP contribution in [0.1, 0.15) is 38.2 Å². The molecule has 0 saturated carbocycles. The maximum absolute atomic E-state index is 12.0. The number of quaternary nitrogens is 1. The largest absolute Gasteiger partial charge is 0.343 e. The Hall–Kier alpha value is -1.35. The van der Waals surface area contributed by atoms with E-state index in [1.54, 1.807) is 0 Å². The molecule has 1 amide bonds. The van der Waals surface area contributed by atoms with Crippen LogP contribution in [0.15, 0.2) is 24.3 Å². The number of hydrogen-bond donors (Lipinski definition) is 1. The summed E-state index contributed by atoms with van der Waals surface area (Å²) in [5, 5.41) is 2.37. The predicted molar refractivity (Wildman–Crippen MR) is 75.3 cm³/mol. The van der Waals surface area contributed by atoms with Crippen molar-refractivity contribution in [1.29, 1.82) is 0 Å². The average molecular weight is 259 g/mol. The van der Waals surface area contributed by atoms with Gasteiger partial charge in [-0.2, -0.15) is 0 Å². The van der Waals surface area contributed by atoms with E-state index in [2.05, 4.69) is 41.4 Å². The minimum atomic E-state index is 0.319. The number of amides is 1. The molecule has 0 aromatic heterocycles. The number of fused-ring (bicyclic) bond motifs is 2. The smallest absolute Gasteiger partial charge is 0.222 e. The molecule has 2 aliphatic heterocycles. The summed E-state index contributed by atoms with van der Waals surface area (Å²) in [4.78, 5) is 14.0. The zero-order valence-corrected chi connectivity index (χ0v) is 11.7. The molecule has 3 nitrogen and oxygen atoms in total. The van der Waals surface area contributed by atoms with E-state index in [-0.39, 0.29) is 0 Å². The van der Waals surface area contributed by atoms with Crippen molar-refractivity contribution in [1.82, 2.24) is 4.90 Å². The molecule has 1 spiro atoms. The highest BCUT2D eigenvalue weighted by atomic mass is 16.2. The second kappa shape index (κ2) is 4.97. The Balaban J connectivity index is 1.72. The maximum atomic E-state index is 12.0. The zero-order chi connectivity index (χ0) is 13.3. The van der Waals surface area contributed by atoms with Gasteiger partial charge in [-0.05, 0) is 25.3 Å². The first kappa shape index (κ1) is 12.7. The minimum absolute atomic E-state index is 0.319. The Bertz CT molecular complexity index is 475. The number of carbonyl (C=O) groups excluding carboxylic acids is 1. The summed E-state index contributed by atoms with van der Waals surface area (Å²) >= 11 is 0. The van der Waals surface area contributed by atoms with Crippen molar-refractivity contribution in [2.75, 3.05) is 19.6 Å². The van der Waals surface area contributed by atoms with Gasteiger partial charge in [0.1, 0.15) is 5.69 Å². The van der Waals surface area contributed by atoms with Gasteiger partial charge in [0.05, 0.1) is 12.0 Å². The third kappa shape index (κ3) is 2.16. The molecule has 1 saturated heterocycles. The maximum Gasteiger partial charge on any atom is 0.222 e. The van der Waals surface area contributed by atoms with Crippen molar-refractivity contribution in [2.45, 2.75) is 38.0 Å². The third-order valence-electron chi connectivity index (χ3n) is 4.78. The van der Waals surface area contributed by atoms with E-state index in [9.17, 15) is 4.79 Å². The van der Waals surface area contributed by atoms with Gasteiger partial charge in [0.2, 0.25) is 5.91 Å². The minimum Gasteiger partial charge on any atom is -0.343 e. The standard InChI is InChI=1S/C16H22N2O/c1-2-5-15(19)18-10-8-16(9-11-18)12-17-14-7-4-3-6-13(14)16/h3-4,6-7,17H,2,5,8-12H2,1H3/p+1. The third-order valence-corrected chi connectivity index (χ3v) is 4.78. The van der Waals surface area contributed by atoms with Gasteiger partial charge in [-0.25, -0.2) is 0 Å². The molecule has 19 heavy (non-hydrogen) atoms. The van der Waals surface area contributed by atoms with E-state index in [1.807, 2.05) is 0 Å². The first-order valence-electron chi connectivity index (χ1n) is 7.46. The number of rotatable bonds is 2. The number of benzene rings is 1. The molecule has 1 fully saturated rings. The van der Waals surface area contributed by atoms with Gasteiger partial charge in [-0.1, -0.05) is 25.1 Å². The summed E-state index contributed by atoms with van der Waals surface area (Å²) in [6, 6.07) is 8.77. The summed E-state index contributed by atoms with van der Waals surface area (Å²) in [5.41, 5.74) is 3.24. The molecule has 102 valence electrons. The summed E-state index contributed by atoms with van der Waals surface area (Å²) in [7, 11) is 0. The van der Waals surface area contributed by atoms with Gasteiger partial charge >= 0.3 is 0 Å². The fourth-order valence-corrected chi connectivity index (χ4v) is 3.60. The summed E-state index contributed by atoms with van der Waals surface area (Å²) in [6.45, 7) is 5.09. The first-order chi connectivity index (χ1) is 9.25. The van der Waals surface area contributed by atoms with Crippen LogP contribution in [0.5, 0.6) is 0 Å². The monoisotopic (exact) mass is 259 g/mol. The SMILES string of the molecule is CCCC(=O)N1CCC2(CC1)C[NH2+]c1ccccc12. The van der Waals surface area contributed by atoms with E-state index in [1.165, 1.54) is 11.3 Å². The molecular formula is C16H23N2O+. The fourth-order valence-electron chi connectivity index (χ4n) is 3.60. The van der Waals surface area contributed by atoms with Gasteiger partial charge in [0.15, 0.2) is 0 Å². The Morgan fingerprint density at radius 1 is 1.32 bits per heavy atom. The summed E-state index contributed by atoms with van der Waals surface area (Å²) < 4.78 is 0. The number of likely N-dealkylation sites (tertiary alicyclic amines) is 1. The molecule has 2 N–H and O–H groups in total. The van der Waals surface area contributed by atoms with Crippen molar-refractivity contribution in [3.05, 3.63) is 29.8 Å². The van der Waals surface area contributed by atoms with Crippen LogP contribution in [0.3, 0.4) is 0 Å². The number of hydrogen-bond acceptors (Lipinski definition) is 1. The number of nitrogens with two attached hydrogens (primary N) is 1. The highest BCUT2D eigenvalue weighted by Crippen LogP contribution is 2.39. The van der Waals surface area contributed by atoms with Crippen LogP contribution in [0, 0.1) is 0 Å². The van der Waals surface area contributed by atoms with Crippen LogP contribution in [-0.2, 0) is 10.2 Å². The molecule has 0 bridgehead atoms. The van der Waals surface area contributed by atoms with Gasteiger partial charge in [0, 0.05) is 25.1 Å². The topological polar surface area (TPSA) is 36.9 Å². The second-order valence-electron chi connectivity index (χ2n) is 5.91. The lowest BCUT2D eigenvalue weighted by atomic mass is 9.74. The average Bonchev–Trinajstić information content (AvgIpc) is 2.80. The number of carbonyl (C=O) groups is 1. The highest BCUT2D eigenvalue weighted by Gasteiger charge is 2.44. The van der Waals surface area contributed by atoms with Gasteiger partial charge in [-0.3, -0.25) is 4.79 Å². The van der Waals surface area contributed by atoms with E-state index >= 15 is 0 Å². The van der Waals surface area contributed by atoms with Crippen LogP contribution in [0.2, 0.25) is 0 Å². The number of nitrogens with zero attached hydrogens (tertiary/aromatic N) is 1. The zero-order valence-electron chi connectivity index (χ0n) is 11.7. The Morgan fingerprint density at radius 3 is 2.79 bits per heavy atom. The van der Waals surface area contributed by atoms with Gasteiger partial charge in [-0.15, -0.1) is 0 Å². The molecular weight excluding hydrogens is 236 g/mol. The molecule has 1 aromatic rings. The first-order valence-corrected chi connectivity index (χ1v) is 7.46. The van der Waals surface area contributed by atoms with E-state index in [4.69, 9.17) is 0 Å². The molecule has 3 heteroatoms. The molecule has 0 aliphatic carbocycles. The summed E-state index contributed by atoms with van der Waals surface area (Å²) in [6.07, 6.45) is 3.90. The number of para-hydroxylation sites is 1. The molecule has 2 aliphatic rings. The Kier molecular flexibility index (Phi) is 3.31. The second-order valence-corrected chi connectivity index (χ2v) is 5.91. The van der Waals surface area contributed by atoms with Crippen LogP contribution in [0.4, 0.5) is 5.69 Å².